The van der Waals surface area contributed by atoms with Crippen LogP contribution in [0.25, 0.3) is 0 Å². The van der Waals surface area contributed by atoms with Crippen molar-refractivity contribution in [3.8, 4) is 5.75 Å². The van der Waals surface area contributed by atoms with Crippen LogP contribution in [0.3, 0.4) is 0 Å². The average Bonchev–Trinajstić information content (AvgIpc) is 2.47. The predicted octanol–water partition coefficient (Wildman–Crippen LogP) is 3.11. The molecule has 0 unspecified atom stereocenters. The first-order valence-corrected chi connectivity index (χ1v) is 6.24. The smallest absolute Gasteiger partial charge is 0.256 e. The van der Waals surface area contributed by atoms with Crippen molar-refractivity contribution in [1.29, 1.82) is 0 Å². The molecule has 3 nitrogen and oxygen atoms in total. The van der Waals surface area contributed by atoms with Crippen LogP contribution in [0.15, 0.2) is 48.5 Å². The molecule has 2 aromatic rings. The van der Waals surface area contributed by atoms with E-state index in [1.807, 2.05) is 24.3 Å². The molecule has 0 aliphatic carbocycles. The van der Waals surface area contributed by atoms with Crippen molar-refractivity contribution in [3.63, 3.8) is 0 Å². The fraction of sp³-hybridized carbons (Fsp3) is 0.188. The lowest BCUT2D eigenvalue weighted by Gasteiger charge is -2.18. The molecule has 20 heavy (non-hydrogen) atoms. The Labute approximate surface area is 117 Å². The maximum atomic E-state index is 13.6. The van der Waals surface area contributed by atoms with Gasteiger partial charge in [0, 0.05) is 13.6 Å². The van der Waals surface area contributed by atoms with Crippen molar-refractivity contribution in [2.45, 2.75) is 6.54 Å². The highest BCUT2D eigenvalue weighted by Gasteiger charge is 2.15. The Morgan fingerprint density at radius 2 is 1.95 bits per heavy atom. The highest BCUT2D eigenvalue weighted by Crippen LogP contribution is 2.16. The van der Waals surface area contributed by atoms with Gasteiger partial charge in [0.15, 0.2) is 0 Å². The molecule has 0 radical (unpaired) electrons. The van der Waals surface area contributed by atoms with Crippen molar-refractivity contribution < 1.29 is 13.9 Å². The molecule has 0 atom stereocenters. The van der Waals surface area contributed by atoms with Crippen LogP contribution in [0.4, 0.5) is 4.39 Å². The molecule has 0 saturated carbocycles. The number of carbonyl (C=O) groups is 1. The van der Waals surface area contributed by atoms with Gasteiger partial charge in [-0.05, 0) is 29.8 Å². The van der Waals surface area contributed by atoms with Crippen LogP contribution in [0, 0.1) is 5.82 Å². The van der Waals surface area contributed by atoms with E-state index in [4.69, 9.17) is 4.74 Å². The molecule has 2 rings (SSSR count). The van der Waals surface area contributed by atoms with E-state index in [0.29, 0.717) is 6.54 Å². The molecule has 0 aromatic heterocycles. The Bertz CT molecular complexity index is 613. The molecule has 0 N–H and O–H groups in total. The van der Waals surface area contributed by atoms with Gasteiger partial charge < -0.3 is 9.64 Å². The topological polar surface area (TPSA) is 29.5 Å². The first-order chi connectivity index (χ1) is 9.61. The van der Waals surface area contributed by atoms with Crippen molar-refractivity contribution in [3.05, 3.63) is 65.5 Å². The third-order valence-corrected chi connectivity index (χ3v) is 3.00. The second-order valence-electron chi connectivity index (χ2n) is 4.49. The molecular formula is C16H16FNO2. The number of halogens is 1. The Morgan fingerprint density at radius 1 is 1.20 bits per heavy atom. The molecule has 0 aliphatic rings. The zero-order valence-corrected chi connectivity index (χ0v) is 11.5. The molecule has 0 bridgehead atoms. The fourth-order valence-corrected chi connectivity index (χ4v) is 1.96. The van der Waals surface area contributed by atoms with E-state index in [9.17, 15) is 9.18 Å². The summed E-state index contributed by atoms with van der Waals surface area (Å²) < 4.78 is 18.7. The summed E-state index contributed by atoms with van der Waals surface area (Å²) in [4.78, 5) is 13.7. The maximum absolute atomic E-state index is 13.6. The van der Waals surface area contributed by atoms with Gasteiger partial charge in [0.25, 0.3) is 5.91 Å². The van der Waals surface area contributed by atoms with Gasteiger partial charge in [0.2, 0.25) is 0 Å². The summed E-state index contributed by atoms with van der Waals surface area (Å²) in [5, 5.41) is 0. The van der Waals surface area contributed by atoms with Gasteiger partial charge in [-0.3, -0.25) is 4.79 Å². The van der Waals surface area contributed by atoms with Gasteiger partial charge in [-0.15, -0.1) is 0 Å². The van der Waals surface area contributed by atoms with Crippen molar-refractivity contribution >= 4 is 5.91 Å². The van der Waals surface area contributed by atoms with Crippen molar-refractivity contribution in [2.24, 2.45) is 0 Å². The highest BCUT2D eigenvalue weighted by atomic mass is 19.1. The van der Waals surface area contributed by atoms with Gasteiger partial charge in [-0.25, -0.2) is 4.39 Å². The molecule has 4 heteroatoms. The monoisotopic (exact) mass is 273 g/mol. The summed E-state index contributed by atoms with van der Waals surface area (Å²) in [5.74, 6) is -0.116. The zero-order chi connectivity index (χ0) is 14.5. The predicted molar refractivity (Wildman–Crippen MR) is 75.2 cm³/mol. The quantitative estimate of drug-likeness (QED) is 0.856. The first kappa shape index (κ1) is 14.1. The third-order valence-electron chi connectivity index (χ3n) is 3.00. The number of nitrogens with zero attached hydrogens (tertiary/aromatic N) is 1. The Balaban J connectivity index is 2.13. The molecular weight excluding hydrogens is 257 g/mol. The maximum Gasteiger partial charge on any atom is 0.256 e. The number of hydrogen-bond acceptors (Lipinski definition) is 2. The largest absolute Gasteiger partial charge is 0.497 e. The zero-order valence-electron chi connectivity index (χ0n) is 11.5. The minimum atomic E-state index is -0.505. The number of rotatable bonds is 4. The SMILES string of the molecule is COc1cccc(CN(C)C(=O)c2ccccc2F)c1. The standard InChI is InChI=1S/C16H16FNO2/c1-18(11-12-6-5-7-13(10-12)20-2)16(19)14-8-3-4-9-15(14)17/h3-10H,11H2,1-2H3. The third kappa shape index (κ3) is 3.15. The molecule has 104 valence electrons. The molecule has 0 aliphatic heterocycles. The fourth-order valence-electron chi connectivity index (χ4n) is 1.96. The first-order valence-electron chi connectivity index (χ1n) is 6.24. The van der Waals surface area contributed by atoms with Crippen LogP contribution in [-0.2, 0) is 6.54 Å². The highest BCUT2D eigenvalue weighted by molar-refractivity contribution is 5.94. The minimum Gasteiger partial charge on any atom is -0.497 e. The van der Waals surface area contributed by atoms with E-state index in [-0.39, 0.29) is 11.5 Å². The summed E-state index contributed by atoms with van der Waals surface area (Å²) in [6.07, 6.45) is 0. The van der Waals surface area contributed by atoms with Crippen LogP contribution < -0.4 is 4.74 Å². The summed E-state index contributed by atoms with van der Waals surface area (Å²) in [5.41, 5.74) is 1.01. The Morgan fingerprint density at radius 3 is 2.65 bits per heavy atom. The van der Waals surface area contributed by atoms with Crippen LogP contribution in [0.1, 0.15) is 15.9 Å². The number of amides is 1. The molecule has 0 saturated heterocycles. The second kappa shape index (κ2) is 6.19. The normalized spacial score (nSPS) is 10.2. The second-order valence-corrected chi connectivity index (χ2v) is 4.49. The number of benzene rings is 2. The summed E-state index contributed by atoms with van der Waals surface area (Å²) in [6, 6.07) is 13.4. The average molecular weight is 273 g/mol. The minimum absolute atomic E-state index is 0.0814. The number of hydrogen-bond donors (Lipinski definition) is 0. The van der Waals surface area contributed by atoms with Gasteiger partial charge in [-0.1, -0.05) is 24.3 Å². The lowest BCUT2D eigenvalue weighted by atomic mass is 10.1. The van der Waals surface area contributed by atoms with Crippen molar-refractivity contribution in [2.75, 3.05) is 14.2 Å². The molecule has 2 aromatic carbocycles. The van der Waals surface area contributed by atoms with Gasteiger partial charge in [0.1, 0.15) is 11.6 Å². The lowest BCUT2D eigenvalue weighted by molar-refractivity contribution is 0.0780. The number of methoxy groups -OCH3 is 1. The summed E-state index contributed by atoms with van der Waals surface area (Å²) in [6.45, 7) is 0.393. The molecule has 1 amide bonds. The Kier molecular flexibility index (Phi) is 4.35. The number of carbonyl (C=O) groups excluding carboxylic acids is 1. The van der Waals surface area contributed by atoms with Gasteiger partial charge in [0.05, 0.1) is 12.7 Å². The van der Waals surface area contributed by atoms with E-state index >= 15 is 0 Å². The van der Waals surface area contributed by atoms with Crippen LogP contribution in [0.2, 0.25) is 0 Å². The van der Waals surface area contributed by atoms with E-state index in [1.165, 1.54) is 17.0 Å². The van der Waals surface area contributed by atoms with Gasteiger partial charge >= 0.3 is 0 Å². The number of ether oxygens (including phenoxy) is 1. The van der Waals surface area contributed by atoms with E-state index in [1.54, 1.807) is 26.3 Å². The van der Waals surface area contributed by atoms with E-state index in [2.05, 4.69) is 0 Å². The summed E-state index contributed by atoms with van der Waals surface area (Å²) >= 11 is 0. The van der Waals surface area contributed by atoms with Gasteiger partial charge in [-0.2, -0.15) is 0 Å². The molecule has 0 fully saturated rings. The van der Waals surface area contributed by atoms with E-state index in [0.717, 1.165) is 11.3 Å². The molecule has 0 heterocycles. The molecule has 0 spiro atoms. The Hall–Kier alpha value is -2.36. The van der Waals surface area contributed by atoms with Crippen molar-refractivity contribution in [1.82, 2.24) is 4.90 Å². The lowest BCUT2D eigenvalue weighted by Crippen LogP contribution is -2.27. The van der Waals surface area contributed by atoms with Crippen LogP contribution in [-0.4, -0.2) is 25.0 Å². The summed E-state index contributed by atoms with van der Waals surface area (Å²) in [7, 11) is 3.24. The van der Waals surface area contributed by atoms with Crippen LogP contribution in [0.5, 0.6) is 5.75 Å². The van der Waals surface area contributed by atoms with E-state index < -0.39 is 5.82 Å². The van der Waals surface area contributed by atoms with Crippen LogP contribution >= 0.6 is 0 Å².